The van der Waals surface area contributed by atoms with Crippen LogP contribution in [0.2, 0.25) is 5.15 Å². The van der Waals surface area contributed by atoms with Crippen LogP contribution in [-0.4, -0.2) is 25.8 Å². The molecule has 0 amide bonds. The van der Waals surface area contributed by atoms with Crippen LogP contribution < -0.4 is 0 Å². The van der Waals surface area contributed by atoms with Gasteiger partial charge in [-0.15, -0.1) is 0 Å². The zero-order valence-corrected chi connectivity index (χ0v) is 14.8. The molecule has 0 atom stereocenters. The number of pyridine rings is 1. The molecule has 0 radical (unpaired) electrons. The minimum absolute atomic E-state index is 0. The number of nitrogens with zero attached hydrogens (tertiary/aromatic N) is 3. The minimum atomic E-state index is -1.12. The molecule has 0 spiro atoms. The van der Waals surface area contributed by atoms with Gasteiger partial charge in [0.05, 0.1) is 5.56 Å². The minimum Gasteiger partial charge on any atom is -0.758 e. The molecule has 1 N–H and O–H groups in total. The summed E-state index contributed by atoms with van der Waals surface area (Å²) in [6, 6.07) is 4.52. The van der Waals surface area contributed by atoms with E-state index < -0.39 is 5.97 Å². The number of hydrogen-bond donors (Lipinski definition) is 1. The number of aromatic carboxylic acids is 1. The van der Waals surface area contributed by atoms with Gasteiger partial charge in [0.1, 0.15) is 5.15 Å². The Balaban J connectivity index is 0. The molecule has 2 heterocycles. The van der Waals surface area contributed by atoms with Crippen LogP contribution in [0.3, 0.4) is 0 Å². The van der Waals surface area contributed by atoms with Gasteiger partial charge in [-0.05, 0) is 18.2 Å². The molecule has 8 heteroatoms. The molecule has 0 saturated heterocycles. The third kappa shape index (κ3) is 4.80. The number of hydrogen-bond acceptors (Lipinski definition) is 4. The van der Waals surface area contributed by atoms with E-state index in [2.05, 4.69) is 10.1 Å². The molecule has 98 valence electrons. The number of aromatic nitrogens is 3. The van der Waals surface area contributed by atoms with Crippen LogP contribution in [0.1, 0.15) is 10.4 Å². The molecule has 0 aliphatic rings. The summed E-state index contributed by atoms with van der Waals surface area (Å²) in [6.07, 6.45) is 1.63. The van der Waals surface area contributed by atoms with Gasteiger partial charge in [0, 0.05) is 6.20 Å². The van der Waals surface area contributed by atoms with Gasteiger partial charge < -0.3 is 32.6 Å². The average molecular weight is 374 g/mol. The van der Waals surface area contributed by atoms with Gasteiger partial charge in [-0.1, -0.05) is 16.6 Å². The molecular weight excluding hydrogens is 363 g/mol. The van der Waals surface area contributed by atoms with E-state index >= 15 is 0 Å². The Kier molecular flexibility index (Phi) is 9.37. The standard InChI is InChI=1S/C9H6ClN3O2S.2CH3.Y/c10-8-5(9(14)15)1-2-6(11-8)13-4-3-7(16)12-13;;;/h1-4H,(H,12,16)(H,14,15);2*1H3;/q;2*-1;+3/p-1. The zero-order valence-electron chi connectivity index (χ0n) is 10.4. The molecular formula is C11H11ClN3O2SY. The van der Waals surface area contributed by atoms with Crippen molar-refractivity contribution >= 4 is 30.2 Å². The van der Waals surface area contributed by atoms with E-state index in [1.54, 1.807) is 12.3 Å². The zero-order chi connectivity index (χ0) is 11.7. The number of halogens is 1. The van der Waals surface area contributed by atoms with Crippen molar-refractivity contribution in [1.82, 2.24) is 14.8 Å². The summed E-state index contributed by atoms with van der Waals surface area (Å²) in [4.78, 5) is 14.6. The van der Waals surface area contributed by atoms with Crippen LogP contribution in [-0.2, 0) is 45.3 Å². The van der Waals surface area contributed by atoms with Crippen LogP contribution in [0.4, 0.5) is 0 Å². The van der Waals surface area contributed by atoms with E-state index in [0.29, 0.717) is 10.8 Å². The summed E-state index contributed by atoms with van der Waals surface area (Å²) in [7, 11) is 0. The van der Waals surface area contributed by atoms with Crippen molar-refractivity contribution in [3.05, 3.63) is 50.0 Å². The van der Waals surface area contributed by atoms with E-state index in [9.17, 15) is 4.79 Å². The molecule has 0 bridgehead atoms. The van der Waals surface area contributed by atoms with Crippen LogP contribution in [0, 0.1) is 14.9 Å². The molecule has 19 heavy (non-hydrogen) atoms. The fourth-order valence-corrected chi connectivity index (χ4v) is 1.53. The predicted molar refractivity (Wildman–Crippen MR) is 71.8 cm³/mol. The second-order valence-electron chi connectivity index (χ2n) is 2.91. The van der Waals surface area contributed by atoms with Crippen molar-refractivity contribution < 1.29 is 42.6 Å². The first-order chi connectivity index (χ1) is 7.58. The van der Waals surface area contributed by atoms with E-state index in [1.165, 1.54) is 16.8 Å². The summed E-state index contributed by atoms with van der Waals surface area (Å²) in [6.45, 7) is 0. The van der Waals surface area contributed by atoms with Gasteiger partial charge in [-0.3, -0.25) is 0 Å². The Morgan fingerprint density at radius 3 is 2.37 bits per heavy atom. The van der Waals surface area contributed by atoms with E-state index in [0.717, 1.165) is 0 Å². The van der Waals surface area contributed by atoms with Gasteiger partial charge in [-0.2, -0.15) is 5.10 Å². The molecule has 5 nitrogen and oxygen atoms in total. The van der Waals surface area contributed by atoms with Crippen molar-refractivity contribution in [1.29, 1.82) is 0 Å². The fourth-order valence-electron chi connectivity index (χ4n) is 1.15. The third-order valence-electron chi connectivity index (χ3n) is 1.86. The Labute approximate surface area is 147 Å². The van der Waals surface area contributed by atoms with E-state index in [4.69, 9.17) is 29.3 Å². The Bertz CT molecular complexity index is 563. The SMILES string of the molecule is O=C(O)c1ccc(-n2ccc([S-])n2)nc1Cl.[CH3-].[CH3-].[Y+3]. The molecule has 2 rings (SSSR count). The van der Waals surface area contributed by atoms with Crippen molar-refractivity contribution in [2.24, 2.45) is 0 Å². The van der Waals surface area contributed by atoms with E-state index in [-0.39, 0.29) is 58.3 Å². The second-order valence-corrected chi connectivity index (χ2v) is 3.69. The van der Waals surface area contributed by atoms with Gasteiger partial charge in [0.25, 0.3) is 0 Å². The monoisotopic (exact) mass is 373 g/mol. The molecule has 0 aliphatic heterocycles. The summed E-state index contributed by atoms with van der Waals surface area (Å²) in [5.74, 6) is -0.695. The fraction of sp³-hybridized carbons (Fsp3) is 0. The Morgan fingerprint density at radius 1 is 1.32 bits per heavy atom. The summed E-state index contributed by atoms with van der Waals surface area (Å²) in [5.41, 5.74) is -0.0452. The number of carboxylic acid groups (broad SMARTS) is 1. The van der Waals surface area contributed by atoms with Crippen LogP contribution in [0.5, 0.6) is 0 Å². The summed E-state index contributed by atoms with van der Waals surface area (Å²) < 4.78 is 1.43. The van der Waals surface area contributed by atoms with Gasteiger partial charge in [0.2, 0.25) is 0 Å². The number of carboxylic acids is 1. The molecule has 0 fully saturated rings. The maximum Gasteiger partial charge on any atom is 3.00 e. The number of carbonyl (C=O) groups is 1. The van der Waals surface area contributed by atoms with Crippen LogP contribution in [0.15, 0.2) is 29.4 Å². The van der Waals surface area contributed by atoms with Gasteiger partial charge in [-0.25, -0.2) is 14.5 Å². The third-order valence-corrected chi connectivity index (χ3v) is 2.37. The smallest absolute Gasteiger partial charge is 0.758 e. The average Bonchev–Trinajstić information content (AvgIpc) is 2.64. The maximum absolute atomic E-state index is 10.7. The normalized spacial score (nSPS) is 8.68. The molecule has 0 aliphatic carbocycles. The van der Waals surface area contributed by atoms with Crippen LogP contribution in [0.25, 0.3) is 5.82 Å². The van der Waals surface area contributed by atoms with Crippen molar-refractivity contribution in [3.63, 3.8) is 0 Å². The molecule has 0 unspecified atom stereocenters. The van der Waals surface area contributed by atoms with Crippen molar-refractivity contribution in [2.45, 2.75) is 5.03 Å². The second kappa shape index (κ2) is 8.58. The van der Waals surface area contributed by atoms with Crippen molar-refractivity contribution in [2.75, 3.05) is 0 Å². The molecule has 0 saturated carbocycles. The van der Waals surface area contributed by atoms with Crippen molar-refractivity contribution in [3.8, 4) is 5.82 Å². The van der Waals surface area contributed by atoms with Gasteiger partial charge in [0.15, 0.2) is 5.82 Å². The summed E-state index contributed by atoms with van der Waals surface area (Å²) >= 11 is 10.6. The van der Waals surface area contributed by atoms with Crippen LogP contribution >= 0.6 is 11.6 Å². The van der Waals surface area contributed by atoms with E-state index in [1.807, 2.05) is 0 Å². The largest absolute Gasteiger partial charge is 3.00 e. The number of rotatable bonds is 2. The first-order valence-corrected chi connectivity index (χ1v) is 4.99. The summed E-state index contributed by atoms with van der Waals surface area (Å²) in [5, 5.41) is 13.1. The topological polar surface area (TPSA) is 68.0 Å². The maximum atomic E-state index is 10.7. The molecule has 2 aromatic rings. The van der Waals surface area contributed by atoms with Gasteiger partial charge >= 0.3 is 38.7 Å². The predicted octanol–water partition coefficient (Wildman–Crippen LogP) is 2.42. The first-order valence-electron chi connectivity index (χ1n) is 4.21. The quantitative estimate of drug-likeness (QED) is 0.497. The first kappa shape index (κ1) is 20.8. The Hall–Kier alpha value is -0.556. The molecule has 2 aromatic heterocycles. The molecule has 0 aromatic carbocycles. The Morgan fingerprint density at radius 2 is 1.95 bits per heavy atom.